The highest BCUT2D eigenvalue weighted by atomic mass is 32.1. The van der Waals surface area contributed by atoms with Crippen molar-refractivity contribution in [3.63, 3.8) is 0 Å². The zero-order valence-electron chi connectivity index (χ0n) is 9.58. The molecule has 1 aliphatic rings. The summed E-state index contributed by atoms with van der Waals surface area (Å²) in [5.41, 5.74) is 1.34. The molecule has 1 heterocycles. The van der Waals surface area contributed by atoms with Gasteiger partial charge in [-0.15, -0.1) is 11.3 Å². The van der Waals surface area contributed by atoms with Crippen molar-refractivity contribution in [3.05, 3.63) is 21.9 Å². The quantitative estimate of drug-likeness (QED) is 0.840. The Morgan fingerprint density at radius 1 is 1.62 bits per heavy atom. The van der Waals surface area contributed by atoms with Crippen molar-refractivity contribution in [1.82, 2.24) is 10.6 Å². The molecule has 1 aromatic rings. The number of thiophene rings is 1. The normalized spacial score (nSPS) is 19.2. The van der Waals surface area contributed by atoms with Crippen molar-refractivity contribution in [3.8, 4) is 0 Å². The Morgan fingerprint density at radius 2 is 2.50 bits per heavy atom. The number of carbonyl (C=O) groups is 1. The first-order valence-electron chi connectivity index (χ1n) is 5.81. The Labute approximate surface area is 100 Å². The van der Waals surface area contributed by atoms with Gasteiger partial charge in [-0.3, -0.25) is 4.79 Å². The third-order valence-corrected chi connectivity index (χ3v) is 3.99. The first kappa shape index (κ1) is 11.6. The molecule has 0 spiro atoms. The van der Waals surface area contributed by atoms with E-state index in [4.69, 9.17) is 0 Å². The second-order valence-electron chi connectivity index (χ2n) is 4.17. The topological polar surface area (TPSA) is 41.1 Å². The SMILES string of the molecule is CNCCC(=O)NC1CCCc2sccc21. The minimum Gasteiger partial charge on any atom is -0.349 e. The van der Waals surface area contributed by atoms with E-state index in [-0.39, 0.29) is 11.9 Å². The fourth-order valence-corrected chi connectivity index (χ4v) is 3.13. The lowest BCUT2D eigenvalue weighted by molar-refractivity contribution is -0.121. The van der Waals surface area contributed by atoms with E-state index >= 15 is 0 Å². The molecule has 0 radical (unpaired) electrons. The van der Waals surface area contributed by atoms with E-state index in [1.165, 1.54) is 23.3 Å². The van der Waals surface area contributed by atoms with Crippen LogP contribution in [-0.2, 0) is 11.2 Å². The zero-order valence-corrected chi connectivity index (χ0v) is 10.4. The second kappa shape index (κ2) is 5.46. The van der Waals surface area contributed by atoms with Gasteiger partial charge in [0.2, 0.25) is 5.91 Å². The molecule has 2 N–H and O–H groups in total. The first-order chi connectivity index (χ1) is 7.81. The lowest BCUT2D eigenvalue weighted by atomic mass is 9.94. The molecule has 1 atom stereocenters. The lowest BCUT2D eigenvalue weighted by Crippen LogP contribution is -2.32. The smallest absolute Gasteiger partial charge is 0.221 e. The number of rotatable bonds is 4. The molecule has 1 unspecified atom stereocenters. The number of amides is 1. The van der Waals surface area contributed by atoms with Gasteiger partial charge in [-0.1, -0.05) is 0 Å². The summed E-state index contributed by atoms with van der Waals surface area (Å²) in [7, 11) is 1.87. The fourth-order valence-electron chi connectivity index (χ4n) is 2.14. The number of fused-ring (bicyclic) bond motifs is 1. The van der Waals surface area contributed by atoms with E-state index in [9.17, 15) is 4.79 Å². The summed E-state index contributed by atoms with van der Waals surface area (Å²) >= 11 is 1.81. The molecular formula is C12H18N2OS. The summed E-state index contributed by atoms with van der Waals surface area (Å²) in [6.07, 6.45) is 4.00. The molecule has 3 nitrogen and oxygen atoms in total. The summed E-state index contributed by atoms with van der Waals surface area (Å²) in [5, 5.41) is 8.24. The van der Waals surface area contributed by atoms with Crippen LogP contribution in [0.25, 0.3) is 0 Å². The molecule has 1 aromatic heterocycles. The van der Waals surface area contributed by atoms with Crippen molar-refractivity contribution in [1.29, 1.82) is 0 Å². The maximum absolute atomic E-state index is 11.7. The largest absolute Gasteiger partial charge is 0.349 e. The summed E-state index contributed by atoms with van der Waals surface area (Å²) < 4.78 is 0. The van der Waals surface area contributed by atoms with Crippen LogP contribution in [0.1, 0.15) is 35.7 Å². The zero-order chi connectivity index (χ0) is 11.4. The lowest BCUT2D eigenvalue weighted by Gasteiger charge is -2.23. The number of hydrogen-bond donors (Lipinski definition) is 2. The van der Waals surface area contributed by atoms with Gasteiger partial charge in [0, 0.05) is 17.8 Å². The van der Waals surface area contributed by atoms with Gasteiger partial charge in [-0.25, -0.2) is 0 Å². The summed E-state index contributed by atoms with van der Waals surface area (Å²) in [6, 6.07) is 2.40. The number of nitrogens with one attached hydrogen (secondary N) is 2. The van der Waals surface area contributed by atoms with E-state index < -0.39 is 0 Å². The molecule has 0 fully saturated rings. The van der Waals surface area contributed by atoms with E-state index in [1.54, 1.807) is 0 Å². The van der Waals surface area contributed by atoms with Crippen LogP contribution >= 0.6 is 11.3 Å². The predicted octanol–water partition coefficient (Wildman–Crippen LogP) is 1.85. The minimum absolute atomic E-state index is 0.151. The van der Waals surface area contributed by atoms with Crippen LogP contribution in [0.2, 0.25) is 0 Å². The molecule has 0 saturated heterocycles. The van der Waals surface area contributed by atoms with E-state index in [0.29, 0.717) is 6.42 Å². The average molecular weight is 238 g/mol. The van der Waals surface area contributed by atoms with Gasteiger partial charge in [-0.05, 0) is 43.3 Å². The highest BCUT2D eigenvalue weighted by molar-refractivity contribution is 7.10. The van der Waals surface area contributed by atoms with Gasteiger partial charge in [0.15, 0.2) is 0 Å². The summed E-state index contributed by atoms with van der Waals surface area (Å²) in [4.78, 5) is 13.1. The maximum Gasteiger partial charge on any atom is 0.221 e. The van der Waals surface area contributed by atoms with Gasteiger partial charge < -0.3 is 10.6 Å². The first-order valence-corrected chi connectivity index (χ1v) is 6.69. The minimum atomic E-state index is 0.151. The third kappa shape index (κ3) is 2.62. The highest BCUT2D eigenvalue weighted by Crippen LogP contribution is 2.33. The molecule has 0 aromatic carbocycles. The molecule has 4 heteroatoms. The Bertz CT molecular complexity index is 362. The Morgan fingerprint density at radius 3 is 3.31 bits per heavy atom. The fraction of sp³-hybridized carbons (Fsp3) is 0.583. The van der Waals surface area contributed by atoms with Crippen LogP contribution in [0.15, 0.2) is 11.4 Å². The molecule has 16 heavy (non-hydrogen) atoms. The number of carbonyl (C=O) groups excluding carboxylic acids is 1. The maximum atomic E-state index is 11.7. The Balaban J connectivity index is 1.94. The average Bonchev–Trinajstić information content (AvgIpc) is 2.75. The molecule has 1 amide bonds. The molecule has 0 aliphatic heterocycles. The molecule has 88 valence electrons. The van der Waals surface area contributed by atoms with Crippen molar-refractivity contribution in [2.75, 3.05) is 13.6 Å². The van der Waals surface area contributed by atoms with Gasteiger partial charge in [0.05, 0.1) is 6.04 Å². The number of aryl methyl sites for hydroxylation is 1. The van der Waals surface area contributed by atoms with Crippen LogP contribution in [0.5, 0.6) is 0 Å². The Hall–Kier alpha value is -0.870. The van der Waals surface area contributed by atoms with Crippen molar-refractivity contribution in [2.24, 2.45) is 0 Å². The van der Waals surface area contributed by atoms with Crippen LogP contribution in [0.3, 0.4) is 0 Å². The summed E-state index contributed by atoms with van der Waals surface area (Å²) in [5.74, 6) is 0.151. The van der Waals surface area contributed by atoms with Crippen molar-refractivity contribution < 1.29 is 4.79 Å². The van der Waals surface area contributed by atoms with Gasteiger partial charge >= 0.3 is 0 Å². The van der Waals surface area contributed by atoms with Crippen molar-refractivity contribution in [2.45, 2.75) is 31.7 Å². The number of hydrogen-bond acceptors (Lipinski definition) is 3. The van der Waals surface area contributed by atoms with Gasteiger partial charge in [0.1, 0.15) is 0 Å². The van der Waals surface area contributed by atoms with Crippen LogP contribution in [0, 0.1) is 0 Å². The molecule has 0 bridgehead atoms. The standard InChI is InChI=1S/C12H18N2OS/c1-13-7-5-12(15)14-10-3-2-4-11-9(10)6-8-16-11/h6,8,10,13H,2-5,7H2,1H3,(H,14,15). The van der Waals surface area contributed by atoms with Crippen molar-refractivity contribution >= 4 is 17.2 Å². The van der Waals surface area contributed by atoms with E-state index in [1.807, 2.05) is 18.4 Å². The van der Waals surface area contributed by atoms with Crippen LogP contribution in [0.4, 0.5) is 0 Å². The van der Waals surface area contributed by atoms with Crippen LogP contribution < -0.4 is 10.6 Å². The monoisotopic (exact) mass is 238 g/mol. The predicted molar refractivity (Wildman–Crippen MR) is 66.7 cm³/mol. The van der Waals surface area contributed by atoms with E-state index in [2.05, 4.69) is 22.1 Å². The molecular weight excluding hydrogens is 220 g/mol. The molecule has 0 saturated carbocycles. The second-order valence-corrected chi connectivity index (χ2v) is 5.17. The molecule has 2 rings (SSSR count). The van der Waals surface area contributed by atoms with E-state index in [0.717, 1.165) is 13.0 Å². The highest BCUT2D eigenvalue weighted by Gasteiger charge is 2.22. The summed E-state index contributed by atoms with van der Waals surface area (Å²) in [6.45, 7) is 0.745. The van der Waals surface area contributed by atoms with Crippen LogP contribution in [-0.4, -0.2) is 19.5 Å². The molecule has 1 aliphatic carbocycles. The van der Waals surface area contributed by atoms with Gasteiger partial charge in [-0.2, -0.15) is 0 Å². The third-order valence-electron chi connectivity index (χ3n) is 2.99. The van der Waals surface area contributed by atoms with Gasteiger partial charge in [0.25, 0.3) is 0 Å². The Kier molecular flexibility index (Phi) is 3.96.